The maximum atomic E-state index is 13.5. The van der Waals surface area contributed by atoms with Crippen molar-refractivity contribution in [3.8, 4) is 17.1 Å². The fourth-order valence-corrected chi connectivity index (χ4v) is 7.57. The van der Waals surface area contributed by atoms with Gasteiger partial charge in [-0.1, -0.05) is 24.3 Å². The number of aliphatic hydroxyl groups is 3. The molecule has 1 aromatic carbocycles. The first-order chi connectivity index (χ1) is 17.6. The summed E-state index contributed by atoms with van der Waals surface area (Å²) < 4.78 is 31.5. The van der Waals surface area contributed by atoms with Gasteiger partial charge in [0.1, 0.15) is 6.61 Å². The number of piperidine rings is 1. The number of sulfonamides is 1. The van der Waals surface area contributed by atoms with Crippen LogP contribution in [0.4, 0.5) is 0 Å². The fraction of sp³-hybridized carbons (Fsp3) is 0.520. The number of amides is 1. The second-order valence-electron chi connectivity index (χ2n) is 9.66. The lowest BCUT2D eigenvalue weighted by atomic mass is 9.88. The quantitative estimate of drug-likeness (QED) is 0.241. The van der Waals surface area contributed by atoms with Crippen LogP contribution >= 0.6 is 0 Å². The van der Waals surface area contributed by atoms with E-state index in [-0.39, 0.29) is 32.2 Å². The van der Waals surface area contributed by atoms with Crippen molar-refractivity contribution in [2.75, 3.05) is 26.3 Å². The van der Waals surface area contributed by atoms with Gasteiger partial charge in [-0.05, 0) is 42.9 Å². The van der Waals surface area contributed by atoms with Crippen LogP contribution in [-0.2, 0) is 14.8 Å². The first kappa shape index (κ1) is 27.4. The first-order valence-corrected chi connectivity index (χ1v) is 13.7. The highest BCUT2D eigenvalue weighted by atomic mass is 32.2. The Bertz CT molecular complexity index is 1220. The molecule has 1 saturated heterocycles. The summed E-state index contributed by atoms with van der Waals surface area (Å²) in [5.41, 5.74) is 5.17. The molecule has 2 heterocycles. The van der Waals surface area contributed by atoms with Crippen molar-refractivity contribution in [2.24, 2.45) is 0 Å². The molecule has 1 aliphatic carbocycles. The molecule has 1 aliphatic heterocycles. The van der Waals surface area contributed by atoms with Gasteiger partial charge >= 0.3 is 0 Å². The summed E-state index contributed by atoms with van der Waals surface area (Å²) >= 11 is 0. The Balaban J connectivity index is 1.48. The number of aromatic nitrogens is 1. The number of hydrogen-bond donors (Lipinski definition) is 5. The minimum atomic E-state index is -4.26. The van der Waals surface area contributed by atoms with Crippen LogP contribution in [0.5, 0.6) is 5.88 Å². The van der Waals surface area contributed by atoms with Gasteiger partial charge in [0.15, 0.2) is 4.75 Å². The molecule has 0 unspecified atom stereocenters. The second-order valence-corrected chi connectivity index (χ2v) is 11.9. The van der Waals surface area contributed by atoms with E-state index < -0.39 is 45.7 Å². The van der Waals surface area contributed by atoms with Crippen LogP contribution in [0.2, 0.25) is 0 Å². The largest absolute Gasteiger partial charge is 0.475 e. The normalized spacial score (nSPS) is 25.2. The molecule has 12 heteroatoms. The lowest BCUT2D eigenvalue weighted by Gasteiger charge is -2.37. The van der Waals surface area contributed by atoms with Crippen molar-refractivity contribution in [3.05, 3.63) is 47.5 Å². The number of nitrogens with zero attached hydrogens (tertiary/aromatic N) is 2. The number of aryl methyl sites for hydroxylation is 1. The number of carbonyl (C=O) groups is 1. The lowest BCUT2D eigenvalue weighted by Crippen LogP contribution is -2.57. The Hall–Kier alpha value is -2.61. The molecule has 0 radical (unpaired) electrons. The minimum Gasteiger partial charge on any atom is -0.475 e. The molecule has 1 amide bonds. The van der Waals surface area contributed by atoms with Crippen LogP contribution in [0.1, 0.15) is 42.7 Å². The van der Waals surface area contributed by atoms with E-state index in [1.165, 1.54) is 9.79 Å². The molecule has 202 valence electrons. The molecule has 1 saturated carbocycles. The highest BCUT2D eigenvalue weighted by molar-refractivity contribution is 7.91. The minimum absolute atomic E-state index is 0.0979. The molecule has 0 spiro atoms. The summed E-state index contributed by atoms with van der Waals surface area (Å²) in [6.07, 6.45) is -2.65. The average molecular weight is 536 g/mol. The number of nitrogens with one attached hydrogen (secondary N) is 1. The third-order valence-corrected chi connectivity index (χ3v) is 9.94. The van der Waals surface area contributed by atoms with Gasteiger partial charge < -0.3 is 20.1 Å². The fourth-order valence-electron chi connectivity index (χ4n) is 5.35. The molecule has 2 aliphatic rings. The van der Waals surface area contributed by atoms with E-state index in [9.17, 15) is 28.6 Å². The maximum absolute atomic E-state index is 13.5. The van der Waals surface area contributed by atoms with Crippen LogP contribution < -0.4 is 10.2 Å². The number of hydroxylamine groups is 1. The van der Waals surface area contributed by atoms with Crippen molar-refractivity contribution in [3.63, 3.8) is 0 Å². The molecule has 2 fully saturated rings. The zero-order valence-corrected chi connectivity index (χ0v) is 21.4. The predicted molar refractivity (Wildman–Crippen MR) is 133 cm³/mol. The second kappa shape index (κ2) is 11.0. The van der Waals surface area contributed by atoms with Crippen molar-refractivity contribution in [1.82, 2.24) is 14.8 Å². The number of ether oxygens (including phenoxy) is 1. The average Bonchev–Trinajstić information content (AvgIpc) is 3.22. The van der Waals surface area contributed by atoms with Gasteiger partial charge in [-0.25, -0.2) is 23.2 Å². The van der Waals surface area contributed by atoms with Gasteiger partial charge in [0.25, 0.3) is 5.91 Å². The van der Waals surface area contributed by atoms with Gasteiger partial charge in [-0.15, -0.1) is 0 Å². The van der Waals surface area contributed by atoms with Gasteiger partial charge in [0, 0.05) is 37.6 Å². The first-order valence-electron chi connectivity index (χ1n) is 12.2. The third kappa shape index (κ3) is 5.22. The van der Waals surface area contributed by atoms with Gasteiger partial charge in [0.2, 0.25) is 15.9 Å². The highest BCUT2D eigenvalue weighted by Gasteiger charge is 2.60. The van der Waals surface area contributed by atoms with E-state index in [0.717, 1.165) is 22.4 Å². The SMILES string of the molecule is Cc1cc(C2CCN(S(=O)(=O)[C@]3(C(=O)NO)C[C@@H](O)[C@@H](O)C3)CC2)ccc1-c1cccc(OCCO)n1. The number of pyridine rings is 1. The monoisotopic (exact) mass is 535 g/mol. The Labute approximate surface area is 215 Å². The van der Waals surface area contributed by atoms with Crippen molar-refractivity contribution in [1.29, 1.82) is 0 Å². The maximum Gasteiger partial charge on any atom is 0.266 e. The van der Waals surface area contributed by atoms with E-state index >= 15 is 0 Å². The van der Waals surface area contributed by atoms with E-state index in [0.29, 0.717) is 18.7 Å². The lowest BCUT2D eigenvalue weighted by molar-refractivity contribution is -0.132. The molecule has 0 bridgehead atoms. The molecular formula is C25H33N3O8S. The van der Waals surface area contributed by atoms with Crippen LogP contribution in [-0.4, -0.2) is 87.4 Å². The number of carbonyl (C=O) groups excluding carboxylic acids is 1. The van der Waals surface area contributed by atoms with E-state index in [1.807, 2.05) is 31.2 Å². The van der Waals surface area contributed by atoms with Crippen LogP contribution in [0.15, 0.2) is 36.4 Å². The molecule has 37 heavy (non-hydrogen) atoms. The zero-order chi connectivity index (χ0) is 26.8. The number of hydrogen-bond acceptors (Lipinski definition) is 9. The standard InChI is InChI=1S/C25H33N3O8S/c1-16-13-18(5-6-19(16)20-3-2-4-23(26-20)36-12-11-29)17-7-9-28(10-8-17)37(34,35)25(24(32)27-33)14-21(30)22(31)15-25/h2-6,13,17,21-22,29-31,33H,7-12,14-15H2,1H3,(H,27,32)/t21-,22+,25-. The van der Waals surface area contributed by atoms with Crippen LogP contribution in [0, 0.1) is 6.92 Å². The molecule has 2 aromatic rings. The molecule has 1 aromatic heterocycles. The topological polar surface area (TPSA) is 170 Å². The predicted octanol–water partition coefficient (Wildman–Crippen LogP) is 0.697. The summed E-state index contributed by atoms with van der Waals surface area (Å²) in [5, 5.41) is 38.2. The summed E-state index contributed by atoms with van der Waals surface area (Å²) in [4.78, 5) is 17.0. The zero-order valence-electron chi connectivity index (χ0n) is 20.6. The smallest absolute Gasteiger partial charge is 0.266 e. The summed E-state index contributed by atoms with van der Waals surface area (Å²) in [6, 6.07) is 11.5. The Kier molecular flexibility index (Phi) is 8.17. The Morgan fingerprint density at radius 3 is 2.43 bits per heavy atom. The van der Waals surface area contributed by atoms with Crippen LogP contribution in [0.3, 0.4) is 0 Å². The molecule has 3 atom stereocenters. The molecular weight excluding hydrogens is 502 g/mol. The summed E-state index contributed by atoms with van der Waals surface area (Å²) in [7, 11) is -4.26. The number of benzene rings is 1. The van der Waals surface area contributed by atoms with E-state index in [1.54, 1.807) is 6.07 Å². The Morgan fingerprint density at radius 2 is 1.84 bits per heavy atom. The number of rotatable bonds is 8. The van der Waals surface area contributed by atoms with Crippen molar-refractivity contribution in [2.45, 2.75) is 55.5 Å². The van der Waals surface area contributed by atoms with Crippen molar-refractivity contribution >= 4 is 15.9 Å². The molecule has 4 rings (SSSR count). The van der Waals surface area contributed by atoms with E-state index in [2.05, 4.69) is 11.1 Å². The highest BCUT2D eigenvalue weighted by Crippen LogP contribution is 2.41. The summed E-state index contributed by atoms with van der Waals surface area (Å²) in [5.74, 6) is -0.608. The Morgan fingerprint density at radius 1 is 1.16 bits per heavy atom. The van der Waals surface area contributed by atoms with Gasteiger partial charge in [-0.2, -0.15) is 0 Å². The third-order valence-electron chi connectivity index (χ3n) is 7.39. The van der Waals surface area contributed by atoms with Crippen LogP contribution in [0.25, 0.3) is 11.3 Å². The molecule has 5 N–H and O–H groups in total. The number of aliphatic hydroxyl groups excluding tert-OH is 3. The molecule has 11 nitrogen and oxygen atoms in total. The van der Waals surface area contributed by atoms with Gasteiger partial charge in [-0.3, -0.25) is 10.0 Å². The summed E-state index contributed by atoms with van der Waals surface area (Å²) in [6.45, 7) is 2.39. The van der Waals surface area contributed by atoms with Gasteiger partial charge in [0.05, 0.1) is 24.5 Å². The van der Waals surface area contributed by atoms with E-state index in [4.69, 9.17) is 9.84 Å². The van der Waals surface area contributed by atoms with Crippen molar-refractivity contribution < 1.29 is 38.5 Å².